The minimum atomic E-state index is 0.275. The molecule has 4 rings (SSSR count). The summed E-state index contributed by atoms with van der Waals surface area (Å²) in [6.45, 7) is 6.50. The van der Waals surface area contributed by atoms with Gasteiger partial charge in [0, 0.05) is 49.7 Å². The van der Waals surface area contributed by atoms with Crippen LogP contribution in [0.4, 0.5) is 0 Å². The fourth-order valence-electron chi connectivity index (χ4n) is 5.22. The van der Waals surface area contributed by atoms with Gasteiger partial charge in [0.1, 0.15) is 0 Å². The SMILES string of the molecule is O=C1N[C@@H]2CCCC[C@H]2C1CCCN1CCN(Cc2ccccc2Cl)CC1. The normalized spacial score (nSPS) is 29.5. The number of benzene rings is 1. The molecular formula is C22H32ClN3O. The topological polar surface area (TPSA) is 35.6 Å². The molecule has 3 atom stereocenters. The van der Waals surface area contributed by atoms with E-state index in [1.165, 1.54) is 31.2 Å². The van der Waals surface area contributed by atoms with Crippen LogP contribution in [0.15, 0.2) is 24.3 Å². The monoisotopic (exact) mass is 389 g/mol. The van der Waals surface area contributed by atoms with Crippen molar-refractivity contribution in [2.75, 3.05) is 32.7 Å². The molecule has 1 aromatic rings. The van der Waals surface area contributed by atoms with Gasteiger partial charge in [-0.15, -0.1) is 0 Å². The quantitative estimate of drug-likeness (QED) is 0.808. The lowest BCUT2D eigenvalue weighted by atomic mass is 9.78. The van der Waals surface area contributed by atoms with Gasteiger partial charge in [0.15, 0.2) is 0 Å². The number of fused-ring (bicyclic) bond motifs is 1. The highest BCUT2D eigenvalue weighted by atomic mass is 35.5. The summed E-state index contributed by atoms with van der Waals surface area (Å²) < 4.78 is 0. The highest BCUT2D eigenvalue weighted by Gasteiger charge is 2.42. The summed E-state index contributed by atoms with van der Waals surface area (Å²) in [5.41, 5.74) is 1.22. The zero-order valence-corrected chi connectivity index (χ0v) is 17.0. The lowest BCUT2D eigenvalue weighted by molar-refractivity contribution is -0.123. The molecule has 0 radical (unpaired) electrons. The molecule has 1 aromatic carbocycles. The predicted molar refractivity (Wildman–Crippen MR) is 110 cm³/mol. The molecule has 3 aliphatic rings. The molecule has 0 bridgehead atoms. The van der Waals surface area contributed by atoms with E-state index in [1.54, 1.807) is 0 Å². The molecule has 3 fully saturated rings. The molecule has 27 heavy (non-hydrogen) atoms. The third-order valence-corrected chi connectivity index (χ3v) is 7.18. The summed E-state index contributed by atoms with van der Waals surface area (Å²) in [5.74, 6) is 1.21. The minimum Gasteiger partial charge on any atom is -0.353 e. The van der Waals surface area contributed by atoms with Gasteiger partial charge in [-0.2, -0.15) is 0 Å². The van der Waals surface area contributed by atoms with E-state index >= 15 is 0 Å². The molecule has 1 N–H and O–H groups in total. The highest BCUT2D eigenvalue weighted by molar-refractivity contribution is 6.31. The van der Waals surface area contributed by atoms with Gasteiger partial charge in [0.05, 0.1) is 0 Å². The number of rotatable bonds is 6. The van der Waals surface area contributed by atoms with Gasteiger partial charge in [-0.25, -0.2) is 0 Å². The number of piperazine rings is 1. The second-order valence-electron chi connectivity index (χ2n) is 8.52. The zero-order chi connectivity index (χ0) is 18.6. The van der Waals surface area contributed by atoms with E-state index in [0.29, 0.717) is 17.9 Å². The zero-order valence-electron chi connectivity index (χ0n) is 16.2. The van der Waals surface area contributed by atoms with Crippen LogP contribution in [-0.4, -0.2) is 54.5 Å². The van der Waals surface area contributed by atoms with Gasteiger partial charge >= 0.3 is 0 Å². The Balaban J connectivity index is 1.18. The Morgan fingerprint density at radius 2 is 1.78 bits per heavy atom. The van der Waals surface area contributed by atoms with Crippen molar-refractivity contribution in [3.63, 3.8) is 0 Å². The summed E-state index contributed by atoms with van der Waals surface area (Å²) in [6.07, 6.45) is 7.24. The fraction of sp³-hybridized carbons (Fsp3) is 0.682. The summed E-state index contributed by atoms with van der Waals surface area (Å²) in [5, 5.41) is 4.13. The summed E-state index contributed by atoms with van der Waals surface area (Å²) in [7, 11) is 0. The van der Waals surface area contributed by atoms with Crippen LogP contribution in [0.5, 0.6) is 0 Å². The summed E-state index contributed by atoms with van der Waals surface area (Å²) in [6, 6.07) is 8.63. The Bertz CT molecular complexity index is 644. The largest absolute Gasteiger partial charge is 0.353 e. The Hall–Kier alpha value is -1.10. The third kappa shape index (κ3) is 4.67. The molecule has 2 saturated heterocycles. The average molecular weight is 390 g/mol. The third-order valence-electron chi connectivity index (χ3n) is 6.81. The molecule has 2 aliphatic heterocycles. The van der Waals surface area contributed by atoms with Crippen molar-refractivity contribution >= 4 is 17.5 Å². The number of halogens is 1. The number of hydrogen-bond acceptors (Lipinski definition) is 3. The Morgan fingerprint density at radius 3 is 2.59 bits per heavy atom. The maximum Gasteiger partial charge on any atom is 0.223 e. The number of nitrogens with zero attached hydrogens (tertiary/aromatic N) is 2. The number of amides is 1. The maximum absolute atomic E-state index is 12.3. The smallest absolute Gasteiger partial charge is 0.223 e. The van der Waals surface area contributed by atoms with Crippen molar-refractivity contribution in [1.82, 2.24) is 15.1 Å². The molecule has 0 spiro atoms. The van der Waals surface area contributed by atoms with E-state index in [9.17, 15) is 4.79 Å². The molecule has 4 nitrogen and oxygen atoms in total. The lowest BCUT2D eigenvalue weighted by Crippen LogP contribution is -2.46. The standard InChI is InChI=1S/C22H32ClN3O/c23-20-9-3-1-6-17(20)16-26-14-12-25(13-15-26)11-5-8-19-18-7-2-4-10-21(18)24-22(19)27/h1,3,6,9,18-19,21H,2,4-5,7-8,10-16H2,(H,24,27)/t18-,19?,21+/m0/s1. The van der Waals surface area contributed by atoms with Crippen LogP contribution in [0.2, 0.25) is 5.02 Å². The number of hydrogen-bond donors (Lipinski definition) is 1. The van der Waals surface area contributed by atoms with Crippen molar-refractivity contribution < 1.29 is 4.79 Å². The van der Waals surface area contributed by atoms with Crippen molar-refractivity contribution in [2.45, 2.75) is 51.1 Å². The molecule has 148 valence electrons. The molecule has 5 heteroatoms. The van der Waals surface area contributed by atoms with Crippen LogP contribution in [0.3, 0.4) is 0 Å². The van der Waals surface area contributed by atoms with E-state index < -0.39 is 0 Å². The Morgan fingerprint density at radius 1 is 1.04 bits per heavy atom. The second kappa shape index (κ2) is 8.93. The number of carbonyl (C=O) groups excluding carboxylic acids is 1. The first-order chi connectivity index (χ1) is 13.2. The first kappa shape index (κ1) is 19.2. The van der Waals surface area contributed by atoms with Gasteiger partial charge in [0.25, 0.3) is 0 Å². The number of nitrogens with one attached hydrogen (secondary N) is 1. The van der Waals surface area contributed by atoms with Gasteiger partial charge in [-0.3, -0.25) is 9.69 Å². The van der Waals surface area contributed by atoms with Gasteiger partial charge < -0.3 is 10.2 Å². The van der Waals surface area contributed by atoms with Crippen molar-refractivity contribution in [2.24, 2.45) is 11.8 Å². The summed E-state index contributed by atoms with van der Waals surface area (Å²) in [4.78, 5) is 17.4. The maximum atomic E-state index is 12.3. The van der Waals surface area contributed by atoms with Crippen molar-refractivity contribution in [1.29, 1.82) is 0 Å². The van der Waals surface area contributed by atoms with Crippen LogP contribution >= 0.6 is 11.6 Å². The molecule has 1 unspecified atom stereocenters. The summed E-state index contributed by atoms with van der Waals surface area (Å²) >= 11 is 6.29. The molecule has 2 heterocycles. The second-order valence-corrected chi connectivity index (χ2v) is 8.93. The van der Waals surface area contributed by atoms with Crippen LogP contribution in [0, 0.1) is 11.8 Å². The van der Waals surface area contributed by atoms with Crippen LogP contribution < -0.4 is 5.32 Å². The Labute approximate surface area is 168 Å². The van der Waals surface area contributed by atoms with E-state index in [-0.39, 0.29) is 5.92 Å². The number of carbonyl (C=O) groups is 1. The van der Waals surface area contributed by atoms with Gasteiger partial charge in [-0.1, -0.05) is 42.6 Å². The first-order valence-electron chi connectivity index (χ1n) is 10.7. The highest BCUT2D eigenvalue weighted by Crippen LogP contribution is 2.37. The van der Waals surface area contributed by atoms with E-state index in [0.717, 1.165) is 57.1 Å². The fourth-order valence-corrected chi connectivity index (χ4v) is 5.42. The molecule has 1 amide bonds. The minimum absolute atomic E-state index is 0.275. The van der Waals surface area contributed by atoms with E-state index in [4.69, 9.17) is 11.6 Å². The van der Waals surface area contributed by atoms with Gasteiger partial charge in [0.2, 0.25) is 5.91 Å². The van der Waals surface area contributed by atoms with Crippen LogP contribution in [0.25, 0.3) is 0 Å². The van der Waals surface area contributed by atoms with Crippen LogP contribution in [0.1, 0.15) is 44.1 Å². The van der Waals surface area contributed by atoms with E-state index in [2.05, 4.69) is 27.2 Å². The molecule has 1 aliphatic carbocycles. The lowest BCUT2D eigenvalue weighted by Gasteiger charge is -2.35. The Kier molecular flexibility index (Phi) is 6.36. The van der Waals surface area contributed by atoms with E-state index in [1.807, 2.05) is 12.1 Å². The molecule has 0 aromatic heterocycles. The first-order valence-corrected chi connectivity index (χ1v) is 11.1. The molecule has 1 saturated carbocycles. The van der Waals surface area contributed by atoms with Crippen LogP contribution in [-0.2, 0) is 11.3 Å². The predicted octanol–water partition coefficient (Wildman–Crippen LogP) is 3.54. The van der Waals surface area contributed by atoms with Crippen molar-refractivity contribution in [3.05, 3.63) is 34.9 Å². The van der Waals surface area contributed by atoms with Gasteiger partial charge in [-0.05, 0) is 49.8 Å². The average Bonchev–Trinajstić information content (AvgIpc) is 3.00. The van der Waals surface area contributed by atoms with Crippen molar-refractivity contribution in [3.8, 4) is 0 Å². The molecular weight excluding hydrogens is 358 g/mol.